The maximum atomic E-state index is 12.5. The first-order valence-corrected chi connectivity index (χ1v) is 9.43. The largest absolute Gasteiger partial charge is 0.489 e. The molecule has 0 unspecified atom stereocenters. The van der Waals surface area contributed by atoms with E-state index in [1.807, 2.05) is 37.4 Å². The molecule has 1 amide bonds. The number of benzene rings is 2. The normalized spacial score (nSPS) is 10.8. The predicted octanol–water partition coefficient (Wildman–Crippen LogP) is 5.80. The Labute approximate surface area is 165 Å². The molecule has 7 heteroatoms. The number of alkyl halides is 2. The Balaban J connectivity index is 1.63. The molecule has 1 heterocycles. The van der Waals surface area contributed by atoms with Crippen LogP contribution in [-0.2, 0) is 6.61 Å². The molecule has 0 saturated carbocycles. The van der Waals surface area contributed by atoms with Crippen molar-refractivity contribution in [3.63, 3.8) is 0 Å². The number of hydrogen-bond acceptors (Lipinski definition) is 4. The van der Waals surface area contributed by atoms with Gasteiger partial charge in [0.1, 0.15) is 18.1 Å². The van der Waals surface area contributed by atoms with E-state index in [2.05, 4.69) is 10.1 Å². The second kappa shape index (κ2) is 8.84. The summed E-state index contributed by atoms with van der Waals surface area (Å²) >= 11 is 1.26. The summed E-state index contributed by atoms with van der Waals surface area (Å²) in [5.74, 6) is 0.284. The van der Waals surface area contributed by atoms with Gasteiger partial charge in [-0.2, -0.15) is 8.78 Å². The molecule has 0 spiro atoms. The van der Waals surface area contributed by atoms with Gasteiger partial charge in [0, 0.05) is 5.56 Å². The number of amides is 1. The monoisotopic (exact) mass is 403 g/mol. The molecule has 0 atom stereocenters. The number of aryl methyl sites for hydroxylation is 2. The number of carbonyl (C=O) groups excluding carboxylic acids is 1. The summed E-state index contributed by atoms with van der Waals surface area (Å²) in [7, 11) is 0. The van der Waals surface area contributed by atoms with Crippen molar-refractivity contribution in [1.82, 2.24) is 0 Å². The molecule has 0 fully saturated rings. The van der Waals surface area contributed by atoms with E-state index in [9.17, 15) is 13.6 Å². The number of carbonyl (C=O) groups is 1. The highest BCUT2D eigenvalue weighted by Gasteiger charge is 2.14. The standard InChI is InChI=1S/C21H19F2NO3S/c1-13-7-8-16(9-14(13)2)26-11-15-10-19(28-12-15)20(25)24-17-5-3-4-6-18(17)27-21(22)23/h3-10,12,21H,11H2,1-2H3,(H,24,25). The third-order valence-corrected chi connectivity index (χ3v) is 5.09. The van der Waals surface area contributed by atoms with Crippen molar-refractivity contribution < 1.29 is 23.0 Å². The van der Waals surface area contributed by atoms with Crippen molar-refractivity contribution in [1.29, 1.82) is 0 Å². The Kier molecular flexibility index (Phi) is 6.26. The first-order valence-electron chi connectivity index (χ1n) is 8.55. The first kappa shape index (κ1) is 19.8. The van der Waals surface area contributed by atoms with Crippen LogP contribution < -0.4 is 14.8 Å². The zero-order valence-electron chi connectivity index (χ0n) is 15.4. The Morgan fingerprint density at radius 2 is 1.89 bits per heavy atom. The van der Waals surface area contributed by atoms with Crippen LogP contribution in [0.4, 0.5) is 14.5 Å². The number of hydrogen-bond donors (Lipinski definition) is 1. The average molecular weight is 403 g/mol. The lowest BCUT2D eigenvalue weighted by molar-refractivity contribution is -0.0493. The highest BCUT2D eigenvalue weighted by atomic mass is 32.1. The van der Waals surface area contributed by atoms with Crippen LogP contribution in [0.1, 0.15) is 26.4 Å². The molecule has 28 heavy (non-hydrogen) atoms. The van der Waals surface area contributed by atoms with Crippen LogP contribution in [-0.4, -0.2) is 12.5 Å². The minimum Gasteiger partial charge on any atom is -0.489 e. The number of ether oxygens (including phenoxy) is 2. The molecule has 0 saturated heterocycles. The Morgan fingerprint density at radius 1 is 1.11 bits per heavy atom. The number of halogens is 2. The lowest BCUT2D eigenvalue weighted by atomic mass is 10.1. The van der Waals surface area contributed by atoms with Gasteiger partial charge in [0.05, 0.1) is 10.6 Å². The van der Waals surface area contributed by atoms with E-state index in [4.69, 9.17) is 4.74 Å². The van der Waals surface area contributed by atoms with Crippen molar-refractivity contribution in [2.24, 2.45) is 0 Å². The fraction of sp³-hybridized carbons (Fsp3) is 0.190. The SMILES string of the molecule is Cc1ccc(OCc2csc(C(=O)Nc3ccccc3OC(F)F)c2)cc1C. The highest BCUT2D eigenvalue weighted by Crippen LogP contribution is 2.27. The first-order chi connectivity index (χ1) is 13.4. The molecular weight excluding hydrogens is 384 g/mol. The molecule has 0 aliphatic heterocycles. The molecule has 0 bridgehead atoms. The van der Waals surface area contributed by atoms with Crippen LogP contribution in [0.15, 0.2) is 53.9 Å². The number of rotatable bonds is 7. The van der Waals surface area contributed by atoms with Crippen LogP contribution in [0.25, 0.3) is 0 Å². The minimum atomic E-state index is -2.96. The Bertz CT molecular complexity index is 972. The van der Waals surface area contributed by atoms with Gasteiger partial charge >= 0.3 is 6.61 Å². The van der Waals surface area contributed by atoms with Crippen LogP contribution in [0.5, 0.6) is 11.5 Å². The minimum absolute atomic E-state index is 0.0827. The average Bonchev–Trinajstić information content (AvgIpc) is 3.13. The predicted molar refractivity (Wildman–Crippen MR) is 106 cm³/mol. The molecule has 0 aliphatic carbocycles. The van der Waals surface area contributed by atoms with Crippen LogP contribution >= 0.6 is 11.3 Å². The lowest BCUT2D eigenvalue weighted by Crippen LogP contribution is -2.12. The maximum absolute atomic E-state index is 12.5. The summed E-state index contributed by atoms with van der Waals surface area (Å²) in [6.45, 7) is 1.42. The van der Waals surface area contributed by atoms with Gasteiger partial charge in [0.2, 0.25) is 0 Å². The summed E-state index contributed by atoms with van der Waals surface area (Å²) < 4.78 is 35.2. The molecular formula is C21H19F2NO3S. The Hall–Kier alpha value is -2.93. The molecule has 1 aromatic heterocycles. The molecule has 4 nitrogen and oxygen atoms in total. The summed E-state index contributed by atoms with van der Waals surface area (Å²) in [6, 6.07) is 13.7. The van der Waals surface area contributed by atoms with Crippen molar-refractivity contribution in [2.45, 2.75) is 27.1 Å². The molecule has 1 N–H and O–H groups in total. The number of anilines is 1. The lowest BCUT2D eigenvalue weighted by Gasteiger charge is -2.11. The summed E-state index contributed by atoms with van der Waals surface area (Å²) in [6.07, 6.45) is 0. The zero-order chi connectivity index (χ0) is 20.1. The fourth-order valence-corrected chi connectivity index (χ4v) is 3.29. The van der Waals surface area contributed by atoms with Gasteiger partial charge in [-0.25, -0.2) is 0 Å². The fourth-order valence-electron chi connectivity index (χ4n) is 2.49. The second-order valence-corrected chi connectivity index (χ2v) is 7.09. The van der Waals surface area contributed by atoms with E-state index in [0.29, 0.717) is 11.5 Å². The van der Waals surface area contributed by atoms with Gasteiger partial charge in [-0.1, -0.05) is 18.2 Å². The van der Waals surface area contributed by atoms with Gasteiger partial charge in [-0.05, 0) is 60.7 Å². The summed E-state index contributed by atoms with van der Waals surface area (Å²) in [5, 5.41) is 4.44. The topological polar surface area (TPSA) is 47.6 Å². The number of nitrogens with one attached hydrogen (secondary N) is 1. The number of thiophene rings is 1. The zero-order valence-corrected chi connectivity index (χ0v) is 16.2. The second-order valence-electron chi connectivity index (χ2n) is 6.18. The van der Waals surface area contributed by atoms with E-state index in [0.717, 1.165) is 16.9 Å². The van der Waals surface area contributed by atoms with Crippen molar-refractivity contribution in [3.05, 3.63) is 75.5 Å². The molecule has 3 rings (SSSR count). The van der Waals surface area contributed by atoms with E-state index in [-0.39, 0.29) is 11.4 Å². The van der Waals surface area contributed by atoms with Crippen LogP contribution in [0.3, 0.4) is 0 Å². The summed E-state index contributed by atoms with van der Waals surface area (Å²) in [5.41, 5.74) is 3.38. The van der Waals surface area contributed by atoms with Gasteiger partial charge < -0.3 is 14.8 Å². The van der Waals surface area contributed by atoms with Crippen LogP contribution in [0, 0.1) is 13.8 Å². The molecule has 3 aromatic rings. The Morgan fingerprint density at radius 3 is 2.64 bits per heavy atom. The van der Waals surface area contributed by atoms with Crippen molar-refractivity contribution in [2.75, 3.05) is 5.32 Å². The van der Waals surface area contributed by atoms with E-state index >= 15 is 0 Å². The maximum Gasteiger partial charge on any atom is 0.387 e. The third-order valence-electron chi connectivity index (χ3n) is 4.11. The summed E-state index contributed by atoms with van der Waals surface area (Å²) in [4.78, 5) is 12.9. The smallest absolute Gasteiger partial charge is 0.387 e. The highest BCUT2D eigenvalue weighted by molar-refractivity contribution is 7.12. The quantitative estimate of drug-likeness (QED) is 0.543. The molecule has 0 radical (unpaired) electrons. The van der Waals surface area contributed by atoms with E-state index in [1.54, 1.807) is 18.2 Å². The van der Waals surface area contributed by atoms with Gasteiger partial charge in [0.25, 0.3) is 5.91 Å². The third kappa shape index (κ3) is 5.07. The van der Waals surface area contributed by atoms with Crippen LogP contribution in [0.2, 0.25) is 0 Å². The van der Waals surface area contributed by atoms with E-state index in [1.165, 1.54) is 29.0 Å². The number of para-hydroxylation sites is 2. The van der Waals surface area contributed by atoms with E-state index < -0.39 is 12.5 Å². The van der Waals surface area contributed by atoms with Gasteiger partial charge in [-0.15, -0.1) is 11.3 Å². The van der Waals surface area contributed by atoms with Crippen molar-refractivity contribution in [3.8, 4) is 11.5 Å². The van der Waals surface area contributed by atoms with Crippen molar-refractivity contribution >= 4 is 22.9 Å². The molecule has 146 valence electrons. The van der Waals surface area contributed by atoms with Gasteiger partial charge in [-0.3, -0.25) is 4.79 Å². The molecule has 2 aromatic carbocycles. The van der Waals surface area contributed by atoms with Gasteiger partial charge in [0.15, 0.2) is 0 Å². The molecule has 0 aliphatic rings.